The van der Waals surface area contributed by atoms with Gasteiger partial charge in [-0.15, -0.1) is 0 Å². The SMILES string of the molecule is CCc1ccc(C(=O)N2CC[C@@H](c3nc4cccnc4n3CC)C2)cc1. The van der Waals surface area contributed by atoms with Gasteiger partial charge in [-0.05, 0) is 49.6 Å². The van der Waals surface area contributed by atoms with Crippen molar-refractivity contribution in [2.24, 2.45) is 0 Å². The molecule has 5 nitrogen and oxygen atoms in total. The first-order chi connectivity index (χ1) is 12.7. The molecule has 0 radical (unpaired) electrons. The highest BCUT2D eigenvalue weighted by atomic mass is 16.2. The predicted octanol–water partition coefficient (Wildman–Crippen LogP) is 3.64. The number of likely N-dealkylation sites (tertiary alicyclic amines) is 1. The Bertz CT molecular complexity index is 929. The zero-order valence-electron chi connectivity index (χ0n) is 15.4. The second-order valence-corrected chi connectivity index (χ2v) is 6.85. The fourth-order valence-corrected chi connectivity index (χ4v) is 3.82. The molecule has 5 heteroatoms. The van der Waals surface area contributed by atoms with Crippen LogP contribution in [-0.4, -0.2) is 38.4 Å². The van der Waals surface area contributed by atoms with Crippen LogP contribution in [0.15, 0.2) is 42.6 Å². The van der Waals surface area contributed by atoms with Crippen LogP contribution in [-0.2, 0) is 13.0 Å². The maximum atomic E-state index is 12.8. The van der Waals surface area contributed by atoms with Gasteiger partial charge in [0.05, 0.1) is 0 Å². The summed E-state index contributed by atoms with van der Waals surface area (Å²) in [5.74, 6) is 1.44. The third-order valence-electron chi connectivity index (χ3n) is 5.30. The first-order valence-corrected chi connectivity index (χ1v) is 9.40. The molecule has 2 aromatic heterocycles. The number of rotatable bonds is 4. The topological polar surface area (TPSA) is 51.0 Å². The van der Waals surface area contributed by atoms with Gasteiger partial charge >= 0.3 is 0 Å². The molecule has 0 saturated carbocycles. The molecule has 0 aliphatic carbocycles. The van der Waals surface area contributed by atoms with Gasteiger partial charge in [0.1, 0.15) is 11.3 Å². The Morgan fingerprint density at radius 2 is 2.00 bits per heavy atom. The molecular formula is C21H24N4O. The molecule has 0 unspecified atom stereocenters. The van der Waals surface area contributed by atoms with Gasteiger partial charge in [-0.25, -0.2) is 9.97 Å². The summed E-state index contributed by atoms with van der Waals surface area (Å²) in [5.41, 5.74) is 3.90. The Labute approximate surface area is 153 Å². The molecule has 134 valence electrons. The molecule has 0 N–H and O–H groups in total. The minimum atomic E-state index is 0.118. The summed E-state index contributed by atoms with van der Waals surface area (Å²) in [5, 5.41) is 0. The van der Waals surface area contributed by atoms with E-state index < -0.39 is 0 Å². The summed E-state index contributed by atoms with van der Waals surface area (Å²) in [6, 6.07) is 11.9. The molecule has 3 aromatic rings. The number of fused-ring (bicyclic) bond motifs is 1. The number of benzene rings is 1. The number of amides is 1. The van der Waals surface area contributed by atoms with Crippen molar-refractivity contribution < 1.29 is 4.79 Å². The van der Waals surface area contributed by atoms with E-state index >= 15 is 0 Å². The smallest absolute Gasteiger partial charge is 0.253 e. The Balaban J connectivity index is 1.55. The zero-order chi connectivity index (χ0) is 18.1. The molecule has 1 aromatic carbocycles. The minimum absolute atomic E-state index is 0.118. The number of nitrogens with zero attached hydrogens (tertiary/aromatic N) is 4. The van der Waals surface area contributed by atoms with Crippen molar-refractivity contribution in [3.8, 4) is 0 Å². The number of aryl methyl sites for hydroxylation is 2. The molecule has 1 saturated heterocycles. The van der Waals surface area contributed by atoms with Gasteiger partial charge in [0, 0.05) is 37.3 Å². The second kappa shape index (κ2) is 6.90. The van der Waals surface area contributed by atoms with E-state index in [0.717, 1.165) is 55.0 Å². The van der Waals surface area contributed by atoms with Crippen molar-refractivity contribution in [1.82, 2.24) is 19.4 Å². The molecule has 1 fully saturated rings. The van der Waals surface area contributed by atoms with Crippen LogP contribution in [0.4, 0.5) is 0 Å². The number of carbonyl (C=O) groups is 1. The van der Waals surface area contributed by atoms with Gasteiger partial charge in [0.15, 0.2) is 5.65 Å². The van der Waals surface area contributed by atoms with Crippen LogP contribution in [0.25, 0.3) is 11.2 Å². The standard InChI is InChI=1S/C21H24N4O/c1-3-15-7-9-16(10-8-15)21(26)24-13-11-17(14-24)19-23-18-6-5-12-22-20(18)25(19)4-2/h5-10,12,17H,3-4,11,13-14H2,1-2H3/t17-/m1/s1. The van der Waals surface area contributed by atoms with Gasteiger partial charge in [0.2, 0.25) is 0 Å². The fraction of sp³-hybridized carbons (Fsp3) is 0.381. The van der Waals surface area contributed by atoms with E-state index in [9.17, 15) is 4.79 Å². The van der Waals surface area contributed by atoms with Crippen LogP contribution in [0, 0.1) is 0 Å². The molecule has 1 aliphatic heterocycles. The first kappa shape index (κ1) is 16.8. The van der Waals surface area contributed by atoms with Crippen molar-refractivity contribution in [2.45, 2.75) is 39.2 Å². The molecule has 3 heterocycles. The lowest BCUT2D eigenvalue weighted by Gasteiger charge is -2.17. The van der Waals surface area contributed by atoms with Crippen molar-refractivity contribution >= 4 is 17.1 Å². The largest absolute Gasteiger partial charge is 0.338 e. The van der Waals surface area contributed by atoms with Crippen LogP contribution in [0.2, 0.25) is 0 Å². The van der Waals surface area contributed by atoms with E-state index in [4.69, 9.17) is 4.98 Å². The summed E-state index contributed by atoms with van der Waals surface area (Å²) >= 11 is 0. The summed E-state index contributed by atoms with van der Waals surface area (Å²) in [7, 11) is 0. The fourth-order valence-electron chi connectivity index (χ4n) is 3.82. The molecule has 1 atom stereocenters. The van der Waals surface area contributed by atoms with Crippen molar-refractivity contribution in [2.75, 3.05) is 13.1 Å². The number of aromatic nitrogens is 3. The van der Waals surface area contributed by atoms with Crippen molar-refractivity contribution in [3.05, 3.63) is 59.5 Å². The van der Waals surface area contributed by atoms with Crippen LogP contribution < -0.4 is 0 Å². The van der Waals surface area contributed by atoms with E-state index in [-0.39, 0.29) is 11.8 Å². The van der Waals surface area contributed by atoms with Crippen molar-refractivity contribution in [3.63, 3.8) is 0 Å². The van der Waals surface area contributed by atoms with Gasteiger partial charge in [-0.2, -0.15) is 0 Å². The number of carbonyl (C=O) groups excluding carboxylic acids is 1. The lowest BCUT2D eigenvalue weighted by molar-refractivity contribution is 0.0790. The molecule has 1 amide bonds. The predicted molar refractivity (Wildman–Crippen MR) is 102 cm³/mol. The summed E-state index contributed by atoms with van der Waals surface area (Å²) < 4.78 is 2.18. The number of pyridine rings is 1. The van der Waals surface area contributed by atoms with E-state index in [1.807, 2.05) is 47.5 Å². The molecule has 0 bridgehead atoms. The van der Waals surface area contributed by atoms with E-state index in [1.54, 1.807) is 0 Å². The average molecular weight is 348 g/mol. The number of hydrogen-bond donors (Lipinski definition) is 0. The highest BCUT2D eigenvalue weighted by molar-refractivity contribution is 5.94. The third kappa shape index (κ3) is 2.87. The summed E-state index contributed by atoms with van der Waals surface area (Å²) in [4.78, 5) is 24.1. The second-order valence-electron chi connectivity index (χ2n) is 6.85. The third-order valence-corrected chi connectivity index (χ3v) is 5.30. The Kier molecular flexibility index (Phi) is 4.45. The highest BCUT2D eigenvalue weighted by Crippen LogP contribution is 2.29. The average Bonchev–Trinajstić information content (AvgIpc) is 3.31. The van der Waals surface area contributed by atoms with E-state index in [0.29, 0.717) is 0 Å². The van der Waals surface area contributed by atoms with Crippen LogP contribution in [0.1, 0.15) is 47.9 Å². The molecule has 4 rings (SSSR count). The van der Waals surface area contributed by atoms with Gasteiger partial charge in [-0.3, -0.25) is 4.79 Å². The van der Waals surface area contributed by atoms with Crippen LogP contribution in [0.3, 0.4) is 0 Å². The molecule has 1 aliphatic rings. The normalized spacial score (nSPS) is 17.2. The van der Waals surface area contributed by atoms with Crippen LogP contribution in [0.5, 0.6) is 0 Å². The lowest BCUT2D eigenvalue weighted by Crippen LogP contribution is -2.28. The molecule has 0 spiro atoms. The first-order valence-electron chi connectivity index (χ1n) is 9.40. The zero-order valence-corrected chi connectivity index (χ0v) is 15.4. The Morgan fingerprint density at radius 1 is 1.19 bits per heavy atom. The maximum Gasteiger partial charge on any atom is 0.253 e. The molecule has 26 heavy (non-hydrogen) atoms. The molecular weight excluding hydrogens is 324 g/mol. The summed E-state index contributed by atoms with van der Waals surface area (Å²) in [6.45, 7) is 6.58. The number of imidazole rings is 1. The van der Waals surface area contributed by atoms with Crippen LogP contribution >= 0.6 is 0 Å². The summed E-state index contributed by atoms with van der Waals surface area (Å²) in [6.07, 6.45) is 3.74. The monoisotopic (exact) mass is 348 g/mol. The minimum Gasteiger partial charge on any atom is -0.338 e. The Hall–Kier alpha value is -2.69. The van der Waals surface area contributed by atoms with Gasteiger partial charge in [0.25, 0.3) is 5.91 Å². The maximum absolute atomic E-state index is 12.8. The van der Waals surface area contributed by atoms with Gasteiger partial charge < -0.3 is 9.47 Å². The Morgan fingerprint density at radius 3 is 2.73 bits per heavy atom. The van der Waals surface area contributed by atoms with E-state index in [1.165, 1.54) is 5.56 Å². The highest BCUT2D eigenvalue weighted by Gasteiger charge is 2.31. The van der Waals surface area contributed by atoms with E-state index in [2.05, 4.69) is 23.4 Å². The lowest BCUT2D eigenvalue weighted by atomic mass is 10.1. The quantitative estimate of drug-likeness (QED) is 0.723. The number of hydrogen-bond acceptors (Lipinski definition) is 3. The van der Waals surface area contributed by atoms with Crippen molar-refractivity contribution in [1.29, 1.82) is 0 Å². The van der Waals surface area contributed by atoms with Gasteiger partial charge in [-0.1, -0.05) is 19.1 Å².